The Balaban J connectivity index is 1.25. The van der Waals surface area contributed by atoms with Crippen molar-refractivity contribution in [2.45, 2.75) is 18.9 Å². The number of piperidine rings is 1. The third-order valence-electron chi connectivity index (χ3n) is 6.71. The van der Waals surface area contributed by atoms with Crippen LogP contribution < -0.4 is 15.0 Å². The average molecular weight is 535 g/mol. The number of benzene rings is 2. The fourth-order valence-corrected chi connectivity index (χ4v) is 5.50. The molecule has 2 aliphatic heterocycles. The van der Waals surface area contributed by atoms with E-state index in [1.807, 2.05) is 18.2 Å². The summed E-state index contributed by atoms with van der Waals surface area (Å²) in [7, 11) is -3.20. The van der Waals surface area contributed by atoms with Crippen LogP contribution in [0.2, 0.25) is 0 Å². The Kier molecular flexibility index (Phi) is 7.74. The molecule has 10 nitrogen and oxygen atoms in total. The predicted octanol–water partition coefficient (Wildman–Crippen LogP) is 3.40. The van der Waals surface area contributed by atoms with E-state index in [1.54, 1.807) is 24.4 Å². The summed E-state index contributed by atoms with van der Waals surface area (Å²) in [5.41, 5.74) is 3.88. The highest BCUT2D eigenvalue weighted by molar-refractivity contribution is 7.88. The zero-order valence-electron chi connectivity index (χ0n) is 21.2. The Morgan fingerprint density at radius 1 is 1.05 bits per heavy atom. The van der Waals surface area contributed by atoms with E-state index >= 15 is 0 Å². The van der Waals surface area contributed by atoms with Gasteiger partial charge in [-0.15, -0.1) is 0 Å². The second kappa shape index (κ2) is 11.3. The average Bonchev–Trinajstić information content (AvgIpc) is 2.94. The third kappa shape index (κ3) is 6.22. The molecule has 0 aliphatic carbocycles. The lowest BCUT2D eigenvalue weighted by atomic mass is 10.1. The number of anilines is 3. The number of hydrogen-bond donors (Lipinski definition) is 1. The minimum Gasteiger partial charge on any atom is -0.489 e. The lowest BCUT2D eigenvalue weighted by Crippen LogP contribution is -2.41. The summed E-state index contributed by atoms with van der Waals surface area (Å²) < 4.78 is 36.5. The molecule has 5 rings (SSSR count). The van der Waals surface area contributed by atoms with Gasteiger partial charge in [-0.05, 0) is 61.4 Å². The molecule has 2 aromatic carbocycles. The maximum Gasteiger partial charge on any atom is 0.227 e. The van der Waals surface area contributed by atoms with Crippen LogP contribution in [0.5, 0.6) is 5.75 Å². The summed E-state index contributed by atoms with van der Waals surface area (Å²) in [6, 6.07) is 17.5. The maximum absolute atomic E-state index is 11.7. The van der Waals surface area contributed by atoms with Crippen molar-refractivity contribution >= 4 is 27.3 Å². The predicted molar refractivity (Wildman–Crippen MR) is 145 cm³/mol. The lowest BCUT2D eigenvalue weighted by Gasteiger charge is -2.30. The van der Waals surface area contributed by atoms with Crippen molar-refractivity contribution in [3.05, 3.63) is 60.3 Å². The Morgan fingerprint density at radius 2 is 1.79 bits per heavy atom. The Labute approximate surface area is 222 Å². The molecule has 38 heavy (non-hydrogen) atoms. The smallest absolute Gasteiger partial charge is 0.227 e. The van der Waals surface area contributed by atoms with E-state index in [0.29, 0.717) is 48.9 Å². The van der Waals surface area contributed by atoms with Gasteiger partial charge >= 0.3 is 0 Å². The van der Waals surface area contributed by atoms with Crippen molar-refractivity contribution in [3.8, 4) is 23.1 Å². The molecular formula is C27H30N6O4S. The van der Waals surface area contributed by atoms with E-state index in [2.05, 4.69) is 38.4 Å². The van der Waals surface area contributed by atoms with Crippen molar-refractivity contribution in [2.24, 2.45) is 0 Å². The van der Waals surface area contributed by atoms with Crippen molar-refractivity contribution < 1.29 is 17.9 Å². The number of ether oxygens (including phenoxy) is 2. The molecule has 1 N–H and O–H groups in total. The van der Waals surface area contributed by atoms with Crippen LogP contribution in [-0.2, 0) is 14.8 Å². The van der Waals surface area contributed by atoms with Gasteiger partial charge in [-0.2, -0.15) is 5.26 Å². The molecule has 2 aliphatic rings. The second-order valence-corrected chi connectivity index (χ2v) is 11.3. The molecule has 1 aromatic heterocycles. The number of rotatable bonds is 7. The van der Waals surface area contributed by atoms with Crippen LogP contribution in [0.3, 0.4) is 0 Å². The van der Waals surface area contributed by atoms with Gasteiger partial charge in [0.25, 0.3) is 0 Å². The monoisotopic (exact) mass is 534 g/mol. The highest BCUT2D eigenvalue weighted by Crippen LogP contribution is 2.29. The van der Waals surface area contributed by atoms with Crippen molar-refractivity contribution in [1.29, 1.82) is 5.26 Å². The van der Waals surface area contributed by atoms with Crippen LogP contribution in [-0.4, -0.2) is 74.4 Å². The van der Waals surface area contributed by atoms with Crippen LogP contribution in [0.25, 0.3) is 11.3 Å². The standard InChI is InChI=1S/C27H30N6O4S/c1-38(34,35)33-12-9-24(10-13-33)37-26-7-2-20(18-21(26)19-28)25-8-11-29-27(31-25)30-22-3-5-23(6-4-22)32-14-16-36-17-15-32/h2-8,11,18,24H,9-10,12-17H2,1H3,(H,29,30,31). The summed E-state index contributed by atoms with van der Waals surface area (Å²) in [6.45, 7) is 4.08. The number of nitriles is 1. The Morgan fingerprint density at radius 3 is 2.47 bits per heavy atom. The first kappa shape index (κ1) is 25.9. The molecule has 0 saturated carbocycles. The third-order valence-corrected chi connectivity index (χ3v) is 8.02. The number of nitrogens with one attached hydrogen (secondary N) is 1. The van der Waals surface area contributed by atoms with E-state index < -0.39 is 10.0 Å². The first-order chi connectivity index (χ1) is 18.4. The van der Waals surface area contributed by atoms with Crippen molar-refractivity contribution in [1.82, 2.24) is 14.3 Å². The van der Waals surface area contributed by atoms with Gasteiger partial charge in [0, 0.05) is 49.3 Å². The second-order valence-electron chi connectivity index (χ2n) is 9.34. The lowest BCUT2D eigenvalue weighted by molar-refractivity contribution is 0.122. The van der Waals surface area contributed by atoms with Crippen LogP contribution in [0.15, 0.2) is 54.7 Å². The summed E-state index contributed by atoms with van der Waals surface area (Å²) in [4.78, 5) is 11.3. The van der Waals surface area contributed by atoms with Crippen molar-refractivity contribution in [3.63, 3.8) is 0 Å². The Hall–Kier alpha value is -3.72. The van der Waals surface area contributed by atoms with Crippen LogP contribution in [0.4, 0.5) is 17.3 Å². The van der Waals surface area contributed by atoms with E-state index in [-0.39, 0.29) is 6.10 Å². The molecule has 0 radical (unpaired) electrons. The molecule has 3 aromatic rings. The van der Waals surface area contributed by atoms with Crippen LogP contribution >= 0.6 is 0 Å². The first-order valence-corrected chi connectivity index (χ1v) is 14.4. The van der Waals surface area contributed by atoms with E-state index in [4.69, 9.17) is 9.47 Å². The fraction of sp³-hybridized carbons (Fsp3) is 0.370. The van der Waals surface area contributed by atoms with Crippen LogP contribution in [0, 0.1) is 11.3 Å². The highest BCUT2D eigenvalue weighted by Gasteiger charge is 2.26. The number of nitrogens with zero attached hydrogens (tertiary/aromatic N) is 5. The quantitative estimate of drug-likeness (QED) is 0.486. The largest absolute Gasteiger partial charge is 0.489 e. The molecule has 0 atom stereocenters. The van der Waals surface area contributed by atoms with E-state index in [0.717, 1.165) is 43.2 Å². The minimum absolute atomic E-state index is 0.143. The minimum atomic E-state index is -3.20. The normalized spacial score (nSPS) is 17.1. The molecule has 11 heteroatoms. The molecule has 198 valence electrons. The first-order valence-electron chi connectivity index (χ1n) is 12.6. The molecule has 0 amide bonds. The van der Waals surface area contributed by atoms with Gasteiger partial charge in [-0.3, -0.25) is 0 Å². The molecule has 0 spiro atoms. The molecule has 0 bridgehead atoms. The number of aromatic nitrogens is 2. The van der Waals surface area contributed by atoms with Gasteiger partial charge in [0.15, 0.2) is 0 Å². The molecular weight excluding hydrogens is 504 g/mol. The number of sulfonamides is 1. The summed E-state index contributed by atoms with van der Waals surface area (Å²) in [6.07, 6.45) is 3.91. The summed E-state index contributed by atoms with van der Waals surface area (Å²) in [5.74, 6) is 0.944. The van der Waals surface area contributed by atoms with E-state index in [1.165, 1.54) is 10.6 Å². The Bertz CT molecular complexity index is 1410. The topological polar surface area (TPSA) is 121 Å². The van der Waals surface area contributed by atoms with Gasteiger partial charge in [0.1, 0.15) is 17.9 Å². The highest BCUT2D eigenvalue weighted by atomic mass is 32.2. The van der Waals surface area contributed by atoms with Gasteiger partial charge in [-0.1, -0.05) is 0 Å². The molecule has 2 fully saturated rings. The molecule has 0 unspecified atom stereocenters. The van der Waals surface area contributed by atoms with Gasteiger partial charge in [-0.25, -0.2) is 22.7 Å². The summed E-state index contributed by atoms with van der Waals surface area (Å²) >= 11 is 0. The van der Waals surface area contributed by atoms with Gasteiger partial charge < -0.3 is 19.7 Å². The summed E-state index contributed by atoms with van der Waals surface area (Å²) in [5, 5.41) is 13.0. The fourth-order valence-electron chi connectivity index (χ4n) is 4.63. The van der Waals surface area contributed by atoms with Gasteiger partial charge in [0.2, 0.25) is 16.0 Å². The zero-order valence-corrected chi connectivity index (χ0v) is 22.0. The SMILES string of the molecule is CS(=O)(=O)N1CCC(Oc2ccc(-c3ccnc(Nc4ccc(N5CCOCC5)cc4)n3)cc2C#N)CC1. The van der Waals surface area contributed by atoms with Crippen LogP contribution in [0.1, 0.15) is 18.4 Å². The molecule has 2 saturated heterocycles. The van der Waals surface area contributed by atoms with Gasteiger partial charge in [0.05, 0.1) is 30.7 Å². The van der Waals surface area contributed by atoms with E-state index in [9.17, 15) is 13.7 Å². The molecule has 3 heterocycles. The zero-order chi connectivity index (χ0) is 26.5. The number of hydrogen-bond acceptors (Lipinski definition) is 9. The maximum atomic E-state index is 11.7. The van der Waals surface area contributed by atoms with Crippen molar-refractivity contribution in [2.75, 3.05) is 55.9 Å². The number of morpholine rings is 1.